The summed E-state index contributed by atoms with van der Waals surface area (Å²) in [5, 5.41) is 2.53. The summed E-state index contributed by atoms with van der Waals surface area (Å²) in [5.41, 5.74) is 0. The normalized spacial score (nSPS) is 19.5. The van der Waals surface area contributed by atoms with E-state index in [0.29, 0.717) is 6.04 Å². The van der Waals surface area contributed by atoms with Crippen LogP contribution in [0.1, 0.15) is 25.7 Å². The lowest BCUT2D eigenvalue weighted by atomic mass is 10.2. The van der Waals surface area contributed by atoms with Gasteiger partial charge in [-0.25, -0.2) is 8.78 Å². The molecule has 0 bridgehead atoms. The summed E-state index contributed by atoms with van der Waals surface area (Å²) in [7, 11) is 3.36. The Morgan fingerprint density at radius 1 is 1.36 bits per heavy atom. The van der Waals surface area contributed by atoms with Gasteiger partial charge in [-0.3, -0.25) is 4.90 Å². The van der Waals surface area contributed by atoms with Crippen molar-refractivity contribution in [3.63, 3.8) is 0 Å². The highest BCUT2D eigenvalue weighted by molar-refractivity contribution is 4.80. The zero-order chi connectivity index (χ0) is 10.6. The van der Waals surface area contributed by atoms with Gasteiger partial charge in [0, 0.05) is 6.04 Å². The summed E-state index contributed by atoms with van der Waals surface area (Å²) in [4.78, 5) is 1.81. The van der Waals surface area contributed by atoms with E-state index in [1.807, 2.05) is 4.90 Å². The van der Waals surface area contributed by atoms with E-state index < -0.39 is 5.92 Å². The molecule has 0 spiro atoms. The van der Waals surface area contributed by atoms with Crippen LogP contribution < -0.4 is 5.32 Å². The van der Waals surface area contributed by atoms with Crippen molar-refractivity contribution in [2.75, 3.05) is 27.2 Å². The molecule has 0 amide bonds. The number of nitrogens with one attached hydrogen (secondary N) is 1. The number of alkyl halides is 2. The maximum Gasteiger partial charge on any atom is 0.272 e. The first kappa shape index (κ1) is 11.9. The highest BCUT2D eigenvalue weighted by atomic mass is 19.3. The molecule has 2 nitrogen and oxygen atoms in total. The smallest absolute Gasteiger partial charge is 0.272 e. The van der Waals surface area contributed by atoms with Gasteiger partial charge < -0.3 is 5.32 Å². The monoisotopic (exact) mass is 206 g/mol. The second-order valence-corrected chi connectivity index (χ2v) is 4.24. The van der Waals surface area contributed by atoms with Crippen LogP contribution in [-0.4, -0.2) is 44.0 Å². The van der Waals surface area contributed by atoms with E-state index in [1.54, 1.807) is 14.1 Å². The maximum absolute atomic E-state index is 13.2. The quantitative estimate of drug-likeness (QED) is 0.736. The van der Waals surface area contributed by atoms with Crippen LogP contribution in [0.25, 0.3) is 0 Å². The lowest BCUT2D eigenvalue weighted by Gasteiger charge is -2.28. The van der Waals surface area contributed by atoms with E-state index in [9.17, 15) is 8.78 Å². The minimum absolute atomic E-state index is 0.126. The van der Waals surface area contributed by atoms with Crippen LogP contribution in [0, 0.1) is 0 Å². The summed E-state index contributed by atoms with van der Waals surface area (Å²) >= 11 is 0. The highest BCUT2D eigenvalue weighted by Gasteiger charge is 2.32. The number of hydrogen-bond donors (Lipinski definition) is 1. The van der Waals surface area contributed by atoms with Gasteiger partial charge in [0.25, 0.3) is 5.92 Å². The Balaban J connectivity index is 2.34. The Bertz CT molecular complexity index is 168. The number of halogens is 2. The summed E-state index contributed by atoms with van der Waals surface area (Å²) in [6.45, 7) is -0.359. The molecule has 14 heavy (non-hydrogen) atoms. The van der Waals surface area contributed by atoms with Crippen LogP contribution in [0.2, 0.25) is 0 Å². The molecule has 0 unspecified atom stereocenters. The average Bonchev–Trinajstić information content (AvgIpc) is 2.53. The van der Waals surface area contributed by atoms with Crippen molar-refractivity contribution >= 4 is 0 Å². The van der Waals surface area contributed by atoms with Crippen LogP contribution in [0.5, 0.6) is 0 Å². The van der Waals surface area contributed by atoms with E-state index in [1.165, 1.54) is 12.8 Å². The van der Waals surface area contributed by atoms with Gasteiger partial charge in [-0.2, -0.15) is 0 Å². The van der Waals surface area contributed by atoms with Gasteiger partial charge in [0.2, 0.25) is 0 Å². The van der Waals surface area contributed by atoms with Crippen LogP contribution in [0.15, 0.2) is 0 Å². The molecular weight excluding hydrogens is 186 g/mol. The Labute approximate surface area is 84.7 Å². The first-order valence-corrected chi connectivity index (χ1v) is 5.28. The lowest BCUT2D eigenvalue weighted by Crippen LogP contribution is -2.44. The molecule has 0 aromatic carbocycles. The molecular formula is C10H20F2N2. The maximum atomic E-state index is 13.2. The van der Waals surface area contributed by atoms with E-state index in [0.717, 1.165) is 12.8 Å². The van der Waals surface area contributed by atoms with E-state index in [4.69, 9.17) is 0 Å². The van der Waals surface area contributed by atoms with Crippen LogP contribution in [0.4, 0.5) is 8.78 Å². The van der Waals surface area contributed by atoms with Gasteiger partial charge in [-0.15, -0.1) is 0 Å². The Kier molecular flexibility index (Phi) is 4.26. The summed E-state index contributed by atoms with van der Waals surface area (Å²) in [6.07, 6.45) is 4.53. The second kappa shape index (κ2) is 5.03. The van der Waals surface area contributed by atoms with Crippen molar-refractivity contribution in [1.29, 1.82) is 0 Å². The van der Waals surface area contributed by atoms with Crippen molar-refractivity contribution < 1.29 is 8.78 Å². The predicted octanol–water partition coefficient (Wildman–Crippen LogP) is 1.72. The van der Waals surface area contributed by atoms with Gasteiger partial charge in [-0.05, 0) is 26.9 Å². The van der Waals surface area contributed by atoms with Crippen LogP contribution in [-0.2, 0) is 0 Å². The minimum atomic E-state index is -2.61. The van der Waals surface area contributed by atoms with Crippen molar-refractivity contribution in [1.82, 2.24) is 10.2 Å². The van der Waals surface area contributed by atoms with Crippen molar-refractivity contribution in [3.8, 4) is 0 Å². The Hall–Kier alpha value is -0.220. The third kappa shape index (κ3) is 3.50. The van der Waals surface area contributed by atoms with E-state index in [-0.39, 0.29) is 13.1 Å². The van der Waals surface area contributed by atoms with Gasteiger partial charge in [-0.1, -0.05) is 12.8 Å². The van der Waals surface area contributed by atoms with E-state index in [2.05, 4.69) is 5.32 Å². The molecule has 1 saturated carbocycles. The van der Waals surface area contributed by atoms with Gasteiger partial charge in [0.1, 0.15) is 0 Å². The Morgan fingerprint density at radius 3 is 2.43 bits per heavy atom. The Morgan fingerprint density at radius 2 is 1.93 bits per heavy atom. The zero-order valence-corrected chi connectivity index (χ0v) is 9.02. The molecule has 0 aromatic heterocycles. The molecule has 1 rings (SSSR count). The number of nitrogens with zero attached hydrogens (tertiary/aromatic N) is 1. The summed E-state index contributed by atoms with van der Waals surface area (Å²) in [5.74, 6) is -2.61. The largest absolute Gasteiger partial charge is 0.314 e. The molecule has 84 valence electrons. The third-order valence-electron chi connectivity index (χ3n) is 2.86. The third-order valence-corrected chi connectivity index (χ3v) is 2.86. The second-order valence-electron chi connectivity index (χ2n) is 4.24. The fourth-order valence-corrected chi connectivity index (χ4v) is 2.15. The molecule has 0 aliphatic heterocycles. The molecule has 0 radical (unpaired) electrons. The average molecular weight is 206 g/mol. The van der Waals surface area contributed by atoms with Crippen molar-refractivity contribution in [2.45, 2.75) is 37.6 Å². The lowest BCUT2D eigenvalue weighted by molar-refractivity contribution is -0.0317. The number of hydrogen-bond acceptors (Lipinski definition) is 2. The molecule has 0 atom stereocenters. The molecule has 0 saturated heterocycles. The van der Waals surface area contributed by atoms with Crippen LogP contribution in [0.3, 0.4) is 0 Å². The summed E-state index contributed by atoms with van der Waals surface area (Å²) in [6, 6.07) is 0.373. The SMILES string of the molecule is CNCC(F)(F)CN(C)C1CCCC1. The molecule has 0 heterocycles. The van der Waals surface area contributed by atoms with Gasteiger partial charge in [0.15, 0.2) is 0 Å². The van der Waals surface area contributed by atoms with E-state index >= 15 is 0 Å². The van der Waals surface area contributed by atoms with Crippen molar-refractivity contribution in [3.05, 3.63) is 0 Å². The fourth-order valence-electron chi connectivity index (χ4n) is 2.15. The zero-order valence-electron chi connectivity index (χ0n) is 9.02. The highest BCUT2D eigenvalue weighted by Crippen LogP contribution is 2.24. The molecule has 0 aromatic rings. The fraction of sp³-hybridized carbons (Fsp3) is 1.00. The topological polar surface area (TPSA) is 15.3 Å². The minimum Gasteiger partial charge on any atom is -0.314 e. The van der Waals surface area contributed by atoms with Crippen LogP contribution >= 0.6 is 0 Å². The molecule has 4 heteroatoms. The first-order chi connectivity index (χ1) is 6.55. The standard InChI is InChI=1S/C10H20F2N2/c1-13-7-10(11,12)8-14(2)9-5-3-4-6-9/h9,13H,3-8H2,1-2H3. The first-order valence-electron chi connectivity index (χ1n) is 5.28. The molecule has 1 N–H and O–H groups in total. The predicted molar refractivity (Wildman–Crippen MR) is 53.8 cm³/mol. The van der Waals surface area contributed by atoms with Gasteiger partial charge in [0.05, 0.1) is 13.1 Å². The summed E-state index contributed by atoms with van der Waals surface area (Å²) < 4.78 is 26.4. The molecule has 1 fully saturated rings. The van der Waals surface area contributed by atoms with Crippen molar-refractivity contribution in [2.24, 2.45) is 0 Å². The molecule has 1 aliphatic rings. The van der Waals surface area contributed by atoms with Gasteiger partial charge >= 0.3 is 0 Å². The molecule has 1 aliphatic carbocycles. The number of rotatable bonds is 5.